The van der Waals surface area contributed by atoms with Crippen molar-refractivity contribution < 1.29 is 5.11 Å². The quantitative estimate of drug-likeness (QED) is 0.650. The van der Waals surface area contributed by atoms with Crippen molar-refractivity contribution in [1.29, 1.82) is 0 Å². The Labute approximate surface area is 84.0 Å². The fourth-order valence-electron chi connectivity index (χ4n) is 2.94. The number of hydrogen-bond donors (Lipinski definition) is 2. The Balaban J connectivity index is 2.09. The van der Waals surface area contributed by atoms with Gasteiger partial charge in [-0.25, -0.2) is 0 Å². The van der Waals surface area contributed by atoms with Crippen molar-refractivity contribution in [2.75, 3.05) is 13.1 Å². The van der Waals surface area contributed by atoms with Gasteiger partial charge in [0.2, 0.25) is 0 Å². The van der Waals surface area contributed by atoms with E-state index < -0.39 is 0 Å². The number of rotatable bonds is 0. The SMILES string of the molecule is Oc1cccc2c1CC[C@H]1CNC[C@@H]21. The van der Waals surface area contributed by atoms with Gasteiger partial charge in [0.05, 0.1) is 0 Å². The number of benzene rings is 1. The number of phenolic OH excluding ortho intramolecular Hbond substituents is 1. The van der Waals surface area contributed by atoms with Crippen LogP contribution in [0, 0.1) is 5.92 Å². The molecule has 1 saturated heterocycles. The van der Waals surface area contributed by atoms with Gasteiger partial charge in [-0.15, -0.1) is 0 Å². The maximum atomic E-state index is 9.76. The zero-order chi connectivity index (χ0) is 9.54. The van der Waals surface area contributed by atoms with Crippen molar-refractivity contribution >= 4 is 0 Å². The summed E-state index contributed by atoms with van der Waals surface area (Å²) in [6.45, 7) is 2.24. The van der Waals surface area contributed by atoms with Gasteiger partial charge in [0.15, 0.2) is 0 Å². The van der Waals surface area contributed by atoms with Crippen LogP contribution in [0.2, 0.25) is 0 Å². The number of nitrogens with one attached hydrogen (secondary N) is 1. The second-order valence-electron chi connectivity index (χ2n) is 4.41. The molecule has 1 heterocycles. The highest BCUT2D eigenvalue weighted by Crippen LogP contribution is 2.41. The second kappa shape index (κ2) is 2.99. The van der Waals surface area contributed by atoms with E-state index in [4.69, 9.17) is 0 Å². The first kappa shape index (κ1) is 8.30. The van der Waals surface area contributed by atoms with Crippen LogP contribution in [0.4, 0.5) is 0 Å². The average Bonchev–Trinajstić information content (AvgIpc) is 2.66. The van der Waals surface area contributed by atoms with Crippen LogP contribution in [-0.4, -0.2) is 18.2 Å². The van der Waals surface area contributed by atoms with E-state index in [0.717, 1.165) is 25.4 Å². The molecule has 2 heteroatoms. The van der Waals surface area contributed by atoms with E-state index >= 15 is 0 Å². The third-order valence-electron chi connectivity index (χ3n) is 3.69. The fourth-order valence-corrected chi connectivity index (χ4v) is 2.94. The molecule has 1 aliphatic heterocycles. The van der Waals surface area contributed by atoms with Crippen LogP contribution in [0.5, 0.6) is 5.75 Å². The minimum absolute atomic E-state index is 0.493. The summed E-state index contributed by atoms with van der Waals surface area (Å²) in [6.07, 6.45) is 2.27. The summed E-state index contributed by atoms with van der Waals surface area (Å²) < 4.78 is 0. The summed E-state index contributed by atoms with van der Waals surface area (Å²) in [6, 6.07) is 5.95. The maximum Gasteiger partial charge on any atom is 0.119 e. The molecule has 0 aromatic heterocycles. The summed E-state index contributed by atoms with van der Waals surface area (Å²) in [5, 5.41) is 13.2. The Hall–Kier alpha value is -1.02. The molecule has 0 saturated carbocycles. The highest BCUT2D eigenvalue weighted by atomic mass is 16.3. The van der Waals surface area contributed by atoms with E-state index in [1.165, 1.54) is 17.5 Å². The van der Waals surface area contributed by atoms with Crippen molar-refractivity contribution in [2.24, 2.45) is 5.92 Å². The first-order chi connectivity index (χ1) is 6.86. The molecule has 2 aliphatic rings. The molecule has 1 aliphatic carbocycles. The molecule has 0 unspecified atom stereocenters. The maximum absolute atomic E-state index is 9.76. The van der Waals surface area contributed by atoms with Gasteiger partial charge >= 0.3 is 0 Å². The lowest BCUT2D eigenvalue weighted by Crippen LogP contribution is -2.18. The normalized spacial score (nSPS) is 29.7. The molecule has 0 amide bonds. The van der Waals surface area contributed by atoms with E-state index in [9.17, 15) is 5.11 Å². The lowest BCUT2D eigenvalue weighted by molar-refractivity contribution is 0.422. The summed E-state index contributed by atoms with van der Waals surface area (Å²) in [7, 11) is 0. The van der Waals surface area contributed by atoms with E-state index in [-0.39, 0.29) is 0 Å². The Morgan fingerprint density at radius 2 is 2.21 bits per heavy atom. The van der Waals surface area contributed by atoms with Crippen LogP contribution in [0.1, 0.15) is 23.5 Å². The molecular formula is C12H15NO. The van der Waals surface area contributed by atoms with Crippen LogP contribution >= 0.6 is 0 Å². The van der Waals surface area contributed by atoms with Crippen molar-refractivity contribution in [3.63, 3.8) is 0 Å². The zero-order valence-corrected chi connectivity index (χ0v) is 8.16. The summed E-state index contributed by atoms with van der Waals surface area (Å²) in [5.74, 6) is 1.93. The molecule has 74 valence electrons. The molecule has 2 nitrogen and oxygen atoms in total. The zero-order valence-electron chi connectivity index (χ0n) is 8.16. The van der Waals surface area contributed by atoms with E-state index in [1.807, 2.05) is 12.1 Å². The van der Waals surface area contributed by atoms with Crippen molar-refractivity contribution in [1.82, 2.24) is 5.32 Å². The number of phenols is 1. The Bertz CT molecular complexity index is 361. The second-order valence-corrected chi connectivity index (χ2v) is 4.41. The lowest BCUT2D eigenvalue weighted by Gasteiger charge is -2.27. The summed E-state index contributed by atoms with van der Waals surface area (Å²) >= 11 is 0. The third kappa shape index (κ3) is 1.07. The van der Waals surface area contributed by atoms with Crippen molar-refractivity contribution in [3.05, 3.63) is 29.3 Å². The lowest BCUT2D eigenvalue weighted by atomic mass is 9.77. The predicted molar refractivity (Wildman–Crippen MR) is 55.5 cm³/mol. The van der Waals surface area contributed by atoms with Crippen LogP contribution < -0.4 is 5.32 Å². The van der Waals surface area contributed by atoms with Crippen molar-refractivity contribution in [3.8, 4) is 5.75 Å². The predicted octanol–water partition coefficient (Wildman–Crippen LogP) is 1.64. The van der Waals surface area contributed by atoms with Gasteiger partial charge in [0.25, 0.3) is 0 Å². The molecule has 2 N–H and O–H groups in total. The van der Waals surface area contributed by atoms with Crippen LogP contribution in [0.3, 0.4) is 0 Å². The van der Waals surface area contributed by atoms with Crippen LogP contribution in [0.25, 0.3) is 0 Å². The Morgan fingerprint density at radius 1 is 1.29 bits per heavy atom. The van der Waals surface area contributed by atoms with Gasteiger partial charge in [0.1, 0.15) is 5.75 Å². The van der Waals surface area contributed by atoms with Crippen LogP contribution in [0.15, 0.2) is 18.2 Å². The largest absolute Gasteiger partial charge is 0.508 e. The topological polar surface area (TPSA) is 32.3 Å². The Kier molecular flexibility index (Phi) is 1.77. The highest BCUT2D eigenvalue weighted by Gasteiger charge is 2.33. The van der Waals surface area contributed by atoms with Crippen LogP contribution in [-0.2, 0) is 6.42 Å². The molecule has 1 aromatic rings. The molecule has 1 aromatic carbocycles. The number of aromatic hydroxyl groups is 1. The molecule has 0 bridgehead atoms. The average molecular weight is 189 g/mol. The van der Waals surface area contributed by atoms with Gasteiger partial charge in [-0.3, -0.25) is 0 Å². The Morgan fingerprint density at radius 3 is 3.14 bits per heavy atom. The monoisotopic (exact) mass is 189 g/mol. The summed E-state index contributed by atoms with van der Waals surface area (Å²) in [5.41, 5.74) is 2.57. The molecule has 3 rings (SSSR count). The molecule has 14 heavy (non-hydrogen) atoms. The minimum Gasteiger partial charge on any atom is -0.508 e. The van der Waals surface area contributed by atoms with E-state index in [1.54, 1.807) is 0 Å². The summed E-state index contributed by atoms with van der Waals surface area (Å²) in [4.78, 5) is 0. The molecule has 1 fully saturated rings. The van der Waals surface area contributed by atoms with Gasteiger partial charge in [-0.2, -0.15) is 0 Å². The van der Waals surface area contributed by atoms with Gasteiger partial charge in [0, 0.05) is 12.5 Å². The highest BCUT2D eigenvalue weighted by molar-refractivity contribution is 5.43. The molecule has 0 radical (unpaired) electrons. The number of fused-ring (bicyclic) bond motifs is 3. The molecule has 2 atom stereocenters. The first-order valence-electron chi connectivity index (χ1n) is 5.38. The minimum atomic E-state index is 0.493. The van der Waals surface area contributed by atoms with Gasteiger partial charge < -0.3 is 10.4 Å². The van der Waals surface area contributed by atoms with E-state index in [0.29, 0.717) is 11.7 Å². The first-order valence-corrected chi connectivity index (χ1v) is 5.38. The fraction of sp³-hybridized carbons (Fsp3) is 0.500. The molecular weight excluding hydrogens is 174 g/mol. The third-order valence-corrected chi connectivity index (χ3v) is 3.69. The number of hydrogen-bond acceptors (Lipinski definition) is 2. The van der Waals surface area contributed by atoms with E-state index in [2.05, 4.69) is 11.4 Å². The van der Waals surface area contributed by atoms with Crippen molar-refractivity contribution in [2.45, 2.75) is 18.8 Å². The van der Waals surface area contributed by atoms with Gasteiger partial charge in [-0.05, 0) is 42.5 Å². The molecule has 0 spiro atoms. The standard InChI is InChI=1S/C12H15NO/c14-12-3-1-2-9-10(12)5-4-8-6-13-7-11(8)9/h1-3,8,11,13-14H,4-7H2/t8-,11+/m0/s1. The smallest absolute Gasteiger partial charge is 0.119 e. The van der Waals surface area contributed by atoms with Gasteiger partial charge in [-0.1, -0.05) is 12.1 Å².